The summed E-state index contributed by atoms with van der Waals surface area (Å²) < 4.78 is 21.4. The van der Waals surface area contributed by atoms with Crippen molar-refractivity contribution in [3.8, 4) is 29.5 Å². The van der Waals surface area contributed by atoms with Gasteiger partial charge in [0, 0.05) is 46.9 Å². The number of carboxylic acid groups (broad SMARTS) is 1. The SMILES string of the molecule is C#CCOc1cc(NC(=O)C2(NC(=O)c3ccc4c(C5CCCC5)c(-c5ccc(F)cn5)n(C)c4c3)CCC2)ccc1/C=C/C(=O)O. The molecule has 4 aromatic rings. The maximum Gasteiger partial charge on any atom is 0.328 e. The van der Waals surface area contributed by atoms with Crippen molar-refractivity contribution in [3.05, 3.63) is 83.3 Å². The molecule has 0 radical (unpaired) electrons. The van der Waals surface area contributed by atoms with Gasteiger partial charge in [-0.15, -0.1) is 6.42 Å². The molecule has 2 amide bonds. The van der Waals surface area contributed by atoms with Crippen LogP contribution < -0.4 is 15.4 Å². The number of carbonyl (C=O) groups excluding carboxylic acids is 2. The molecule has 0 atom stereocenters. The second-order valence-electron chi connectivity index (χ2n) is 12.2. The van der Waals surface area contributed by atoms with Crippen molar-refractivity contribution in [2.24, 2.45) is 7.05 Å². The molecule has 0 unspecified atom stereocenters. The minimum absolute atomic E-state index is 0.0408. The van der Waals surface area contributed by atoms with E-state index in [1.165, 1.54) is 23.9 Å². The van der Waals surface area contributed by atoms with Gasteiger partial charge < -0.3 is 25.0 Å². The van der Waals surface area contributed by atoms with Gasteiger partial charge in [-0.25, -0.2) is 9.18 Å². The summed E-state index contributed by atoms with van der Waals surface area (Å²) in [4.78, 5) is 42.7. The number of amides is 2. The Bertz CT molecular complexity index is 1930. The van der Waals surface area contributed by atoms with E-state index < -0.39 is 17.3 Å². The number of anilines is 1. The zero-order valence-corrected chi connectivity index (χ0v) is 26.0. The number of fused-ring (bicyclic) bond motifs is 1. The van der Waals surface area contributed by atoms with Crippen LogP contribution in [0.4, 0.5) is 10.1 Å². The fraction of sp³-hybridized carbons (Fsp3) is 0.297. The largest absolute Gasteiger partial charge is 0.480 e. The molecule has 2 aromatic heterocycles. The zero-order chi connectivity index (χ0) is 33.1. The molecule has 3 N–H and O–H groups in total. The highest BCUT2D eigenvalue weighted by molar-refractivity contribution is 6.06. The molecule has 0 spiro atoms. The van der Waals surface area contributed by atoms with Crippen LogP contribution in [0.25, 0.3) is 28.4 Å². The van der Waals surface area contributed by atoms with Crippen LogP contribution in [0.3, 0.4) is 0 Å². The number of carbonyl (C=O) groups is 3. The first-order valence-corrected chi connectivity index (χ1v) is 15.7. The van der Waals surface area contributed by atoms with E-state index in [-0.39, 0.29) is 18.4 Å². The molecule has 10 heteroatoms. The second-order valence-corrected chi connectivity index (χ2v) is 12.2. The number of halogens is 1. The van der Waals surface area contributed by atoms with E-state index in [9.17, 15) is 18.8 Å². The molecular formula is C37H35FN4O5. The van der Waals surface area contributed by atoms with Gasteiger partial charge in [-0.1, -0.05) is 24.8 Å². The van der Waals surface area contributed by atoms with Gasteiger partial charge in [-0.3, -0.25) is 14.6 Å². The Balaban J connectivity index is 1.26. The summed E-state index contributed by atoms with van der Waals surface area (Å²) in [5, 5.41) is 15.9. The van der Waals surface area contributed by atoms with E-state index in [2.05, 4.69) is 21.5 Å². The summed E-state index contributed by atoms with van der Waals surface area (Å²) in [7, 11) is 1.94. The summed E-state index contributed by atoms with van der Waals surface area (Å²) in [5.74, 6) is 0.806. The molecule has 0 bridgehead atoms. The lowest BCUT2D eigenvalue weighted by Gasteiger charge is -2.40. The first-order chi connectivity index (χ1) is 22.7. The molecule has 2 aromatic carbocycles. The van der Waals surface area contributed by atoms with Gasteiger partial charge in [0.1, 0.15) is 23.7 Å². The lowest BCUT2D eigenvalue weighted by Crippen LogP contribution is -2.61. The normalized spacial score (nSPS) is 15.7. The van der Waals surface area contributed by atoms with E-state index in [0.29, 0.717) is 47.0 Å². The van der Waals surface area contributed by atoms with Crippen molar-refractivity contribution in [2.45, 2.75) is 56.4 Å². The highest BCUT2D eigenvalue weighted by atomic mass is 19.1. The first-order valence-electron chi connectivity index (χ1n) is 15.7. The van der Waals surface area contributed by atoms with E-state index in [1.54, 1.807) is 30.3 Å². The Morgan fingerprint density at radius 1 is 1.13 bits per heavy atom. The van der Waals surface area contributed by atoms with Crippen LogP contribution in [0.2, 0.25) is 0 Å². The van der Waals surface area contributed by atoms with Crippen LogP contribution >= 0.6 is 0 Å². The minimum Gasteiger partial charge on any atom is -0.480 e. The Hall–Kier alpha value is -5.43. The van der Waals surface area contributed by atoms with Gasteiger partial charge in [0.05, 0.1) is 17.6 Å². The topological polar surface area (TPSA) is 123 Å². The summed E-state index contributed by atoms with van der Waals surface area (Å²) in [6.45, 7) is -0.0408. The van der Waals surface area contributed by atoms with E-state index in [0.717, 1.165) is 54.8 Å². The van der Waals surface area contributed by atoms with Gasteiger partial charge in [-0.2, -0.15) is 0 Å². The van der Waals surface area contributed by atoms with Crippen molar-refractivity contribution in [1.82, 2.24) is 14.9 Å². The van der Waals surface area contributed by atoms with Crippen molar-refractivity contribution in [3.63, 3.8) is 0 Å². The average Bonchev–Trinajstić information content (AvgIpc) is 3.67. The molecule has 9 nitrogen and oxygen atoms in total. The third-order valence-corrected chi connectivity index (χ3v) is 9.22. The number of ether oxygens (including phenoxy) is 1. The van der Waals surface area contributed by atoms with Gasteiger partial charge in [0.2, 0.25) is 5.91 Å². The summed E-state index contributed by atoms with van der Waals surface area (Å²) >= 11 is 0. The molecule has 2 heterocycles. The van der Waals surface area contributed by atoms with Crippen LogP contribution in [0, 0.1) is 18.2 Å². The number of aryl methyl sites for hydroxylation is 1. The third-order valence-electron chi connectivity index (χ3n) is 9.22. The predicted octanol–water partition coefficient (Wildman–Crippen LogP) is 6.44. The number of hydrogen-bond donors (Lipinski definition) is 3. The minimum atomic E-state index is -1.11. The van der Waals surface area contributed by atoms with E-state index in [4.69, 9.17) is 16.3 Å². The van der Waals surface area contributed by atoms with Gasteiger partial charge >= 0.3 is 5.97 Å². The van der Waals surface area contributed by atoms with E-state index >= 15 is 0 Å². The van der Waals surface area contributed by atoms with Crippen molar-refractivity contribution >= 4 is 40.4 Å². The van der Waals surface area contributed by atoms with Crippen LogP contribution in [0.5, 0.6) is 5.75 Å². The monoisotopic (exact) mass is 634 g/mol. The lowest BCUT2D eigenvalue weighted by molar-refractivity contribution is -0.131. The number of rotatable bonds is 10. The Labute approximate surface area is 271 Å². The van der Waals surface area contributed by atoms with Crippen LogP contribution in [0.1, 0.15) is 72.3 Å². The van der Waals surface area contributed by atoms with Crippen molar-refractivity contribution in [2.75, 3.05) is 11.9 Å². The zero-order valence-electron chi connectivity index (χ0n) is 26.0. The van der Waals surface area contributed by atoms with Gasteiger partial charge in [0.25, 0.3) is 5.91 Å². The summed E-state index contributed by atoms with van der Waals surface area (Å²) in [6, 6.07) is 13.5. The quantitative estimate of drug-likeness (QED) is 0.136. The maximum atomic E-state index is 13.8. The van der Waals surface area contributed by atoms with Crippen LogP contribution in [0.15, 0.2) is 60.8 Å². The Morgan fingerprint density at radius 3 is 2.57 bits per heavy atom. The van der Waals surface area contributed by atoms with Crippen molar-refractivity contribution in [1.29, 1.82) is 0 Å². The number of carboxylic acids is 1. The number of pyridine rings is 1. The summed E-state index contributed by atoms with van der Waals surface area (Å²) in [6.07, 6.45) is 15.1. The number of aromatic nitrogens is 2. The molecule has 0 saturated heterocycles. The molecule has 2 aliphatic rings. The molecule has 47 heavy (non-hydrogen) atoms. The smallest absolute Gasteiger partial charge is 0.328 e. The molecule has 2 fully saturated rings. The number of aliphatic carboxylic acids is 1. The number of hydrogen-bond acceptors (Lipinski definition) is 5. The number of nitrogens with one attached hydrogen (secondary N) is 2. The number of terminal acetylenes is 1. The molecule has 6 rings (SSSR count). The van der Waals surface area contributed by atoms with E-state index in [1.807, 2.05) is 23.7 Å². The molecular weight excluding hydrogens is 599 g/mol. The van der Waals surface area contributed by atoms with Crippen LogP contribution in [-0.2, 0) is 16.6 Å². The maximum absolute atomic E-state index is 13.8. The highest BCUT2D eigenvalue weighted by Crippen LogP contribution is 2.44. The molecule has 2 saturated carbocycles. The Kier molecular flexibility index (Phi) is 8.81. The molecule has 240 valence electrons. The fourth-order valence-electron chi connectivity index (χ4n) is 6.69. The first kappa shape index (κ1) is 31.5. The standard InChI is InChI=1S/C37H35FN4O5/c1-3-19-47-31-21-27(13-9-23(31)11-16-32(43)44)40-36(46)37(17-6-18-37)41-35(45)25-10-14-28-30(20-25)42(2)34(29-15-12-26(38)22-39-29)33(28)24-7-4-5-8-24/h1,9-16,20-22,24H,4-8,17-19H2,2H3,(H,40,46)(H,41,45)(H,43,44)/b16-11+. The fourth-order valence-corrected chi connectivity index (χ4v) is 6.69. The average molecular weight is 635 g/mol. The lowest BCUT2D eigenvalue weighted by atomic mass is 9.75. The second kappa shape index (κ2) is 13.1. The van der Waals surface area contributed by atoms with Crippen LogP contribution in [-0.4, -0.2) is 44.6 Å². The highest BCUT2D eigenvalue weighted by Gasteiger charge is 2.45. The number of nitrogens with zero attached hydrogens (tertiary/aromatic N) is 2. The van der Waals surface area contributed by atoms with Gasteiger partial charge in [-0.05, 0) is 86.1 Å². The molecule has 0 aliphatic heterocycles. The van der Waals surface area contributed by atoms with Crippen molar-refractivity contribution < 1.29 is 28.6 Å². The predicted molar refractivity (Wildman–Crippen MR) is 177 cm³/mol. The molecule has 2 aliphatic carbocycles. The number of benzene rings is 2. The summed E-state index contributed by atoms with van der Waals surface area (Å²) in [5.41, 5.74) is 3.88. The Morgan fingerprint density at radius 2 is 1.91 bits per heavy atom. The van der Waals surface area contributed by atoms with Gasteiger partial charge in [0.15, 0.2) is 0 Å². The third kappa shape index (κ3) is 6.34.